The number of β-amino-alcohol motifs (C(OH)–C–C–N with tert-alkyl or cyclic N) is 1. The number of benzene rings is 2. The van der Waals surface area contributed by atoms with E-state index in [-0.39, 0.29) is 23.6 Å². The van der Waals surface area contributed by atoms with Crippen LogP contribution in [0, 0.1) is 11.7 Å². The van der Waals surface area contributed by atoms with E-state index in [0.29, 0.717) is 6.54 Å². The number of aliphatic hydroxyl groups excluding tert-OH is 1. The first kappa shape index (κ1) is 21.9. The fourth-order valence-corrected chi connectivity index (χ4v) is 4.89. The van der Waals surface area contributed by atoms with Crippen LogP contribution in [0.3, 0.4) is 0 Å². The highest BCUT2D eigenvalue weighted by atomic mass is 19.1. The van der Waals surface area contributed by atoms with Gasteiger partial charge in [-0.15, -0.1) is 0 Å². The van der Waals surface area contributed by atoms with Crippen LogP contribution in [-0.4, -0.2) is 66.1 Å². The molecule has 2 atom stereocenters. The van der Waals surface area contributed by atoms with Gasteiger partial charge >= 0.3 is 0 Å². The Kier molecular flexibility index (Phi) is 7.00. The average molecular weight is 427 g/mol. The van der Waals surface area contributed by atoms with Crippen LogP contribution in [-0.2, 0) is 6.54 Å². The maximum atomic E-state index is 13.1. The van der Waals surface area contributed by atoms with Gasteiger partial charge in [-0.3, -0.25) is 14.6 Å². The molecule has 4 rings (SSSR count). The molecular weight excluding hydrogens is 395 g/mol. The number of ketones is 1. The second-order valence-corrected chi connectivity index (χ2v) is 8.69. The van der Waals surface area contributed by atoms with Gasteiger partial charge in [-0.05, 0) is 74.3 Å². The smallest absolute Gasteiger partial charge is 0.166 e. The van der Waals surface area contributed by atoms with Gasteiger partial charge in [0.05, 0.1) is 13.2 Å². The molecule has 2 heterocycles. The predicted octanol–water partition coefficient (Wildman–Crippen LogP) is 3.36. The lowest BCUT2D eigenvalue weighted by Gasteiger charge is -2.44. The summed E-state index contributed by atoms with van der Waals surface area (Å²) in [6, 6.07) is 14.1. The number of hydrogen-bond acceptors (Lipinski definition) is 5. The third-order valence-corrected chi connectivity index (χ3v) is 6.69. The Bertz CT molecular complexity index is 863. The number of nitrogens with zero attached hydrogens (tertiary/aromatic N) is 2. The molecule has 0 bridgehead atoms. The highest BCUT2D eigenvalue weighted by Crippen LogP contribution is 2.27. The van der Waals surface area contributed by atoms with Crippen molar-refractivity contribution >= 4 is 5.78 Å². The van der Waals surface area contributed by atoms with Crippen LogP contribution >= 0.6 is 0 Å². The highest BCUT2D eigenvalue weighted by Gasteiger charge is 2.35. The summed E-state index contributed by atoms with van der Waals surface area (Å²) < 4.78 is 18.3. The van der Waals surface area contributed by atoms with Crippen LogP contribution in [0.2, 0.25) is 0 Å². The van der Waals surface area contributed by atoms with Crippen LogP contribution in [0.5, 0.6) is 5.75 Å². The summed E-state index contributed by atoms with van der Waals surface area (Å²) in [7, 11) is 1.62. The molecule has 1 N–H and O–H groups in total. The molecule has 0 aromatic heterocycles. The normalized spacial score (nSPS) is 23.6. The van der Waals surface area contributed by atoms with Crippen molar-refractivity contribution in [3.8, 4) is 5.75 Å². The Morgan fingerprint density at radius 2 is 1.71 bits per heavy atom. The van der Waals surface area contributed by atoms with Crippen molar-refractivity contribution < 1.29 is 19.0 Å². The van der Waals surface area contributed by atoms with E-state index in [1.165, 1.54) is 12.1 Å². The second kappa shape index (κ2) is 9.90. The number of halogens is 1. The van der Waals surface area contributed by atoms with Crippen LogP contribution in [0.15, 0.2) is 48.5 Å². The van der Waals surface area contributed by atoms with Crippen LogP contribution in [0.25, 0.3) is 0 Å². The summed E-state index contributed by atoms with van der Waals surface area (Å²) in [6.07, 6.45) is 2.14. The molecule has 0 amide bonds. The summed E-state index contributed by atoms with van der Waals surface area (Å²) in [4.78, 5) is 17.4. The van der Waals surface area contributed by atoms with E-state index in [0.717, 1.165) is 62.3 Å². The quantitative estimate of drug-likeness (QED) is 0.718. The minimum atomic E-state index is -0.414. The topological polar surface area (TPSA) is 53.0 Å². The Balaban J connectivity index is 1.27. The molecule has 2 aliphatic rings. The van der Waals surface area contributed by atoms with E-state index < -0.39 is 6.10 Å². The zero-order valence-corrected chi connectivity index (χ0v) is 18.0. The fourth-order valence-electron chi connectivity index (χ4n) is 4.89. The van der Waals surface area contributed by atoms with E-state index in [9.17, 15) is 14.3 Å². The number of ether oxygens (including phenoxy) is 1. The van der Waals surface area contributed by atoms with Crippen molar-refractivity contribution in [2.45, 2.75) is 38.0 Å². The summed E-state index contributed by atoms with van der Waals surface area (Å²) in [6.45, 7) is 3.93. The Morgan fingerprint density at radius 1 is 1.03 bits per heavy atom. The molecule has 166 valence electrons. The van der Waals surface area contributed by atoms with Crippen LogP contribution in [0.1, 0.15) is 35.2 Å². The minimum Gasteiger partial charge on any atom is -0.497 e. The summed E-state index contributed by atoms with van der Waals surface area (Å²) in [5.74, 6) is 0.778. The molecule has 6 heteroatoms. The first-order valence-electron chi connectivity index (χ1n) is 11.1. The zero-order valence-electron chi connectivity index (χ0n) is 18.0. The molecule has 2 aromatic rings. The van der Waals surface area contributed by atoms with Gasteiger partial charge < -0.3 is 9.84 Å². The molecule has 2 aliphatic heterocycles. The number of carbonyl (C=O) groups is 1. The van der Waals surface area contributed by atoms with Gasteiger partial charge in [0.25, 0.3) is 0 Å². The summed E-state index contributed by atoms with van der Waals surface area (Å²) >= 11 is 0. The monoisotopic (exact) mass is 426 g/mol. The number of likely N-dealkylation sites (tertiary alicyclic amines) is 2. The number of Topliss-reactive ketones (excluding diaryl/α,β-unsaturated/α-hetero) is 1. The maximum absolute atomic E-state index is 13.1. The van der Waals surface area contributed by atoms with Gasteiger partial charge in [0, 0.05) is 37.2 Å². The van der Waals surface area contributed by atoms with Gasteiger partial charge in [0.2, 0.25) is 0 Å². The van der Waals surface area contributed by atoms with Crippen molar-refractivity contribution in [3.05, 3.63) is 65.5 Å². The fraction of sp³-hybridized carbons (Fsp3) is 0.480. The molecule has 5 nitrogen and oxygen atoms in total. The van der Waals surface area contributed by atoms with Crippen molar-refractivity contribution in [2.24, 2.45) is 5.92 Å². The molecule has 31 heavy (non-hydrogen) atoms. The lowest BCUT2D eigenvalue weighted by molar-refractivity contribution is -0.0251. The Labute approximate surface area is 183 Å². The number of piperidine rings is 2. The van der Waals surface area contributed by atoms with E-state index in [1.54, 1.807) is 19.2 Å². The third-order valence-electron chi connectivity index (χ3n) is 6.69. The van der Waals surface area contributed by atoms with Gasteiger partial charge in [0.1, 0.15) is 11.6 Å². The van der Waals surface area contributed by atoms with E-state index in [4.69, 9.17) is 4.74 Å². The highest BCUT2D eigenvalue weighted by molar-refractivity contribution is 5.98. The first-order valence-corrected chi connectivity index (χ1v) is 11.1. The number of hydrogen-bond donors (Lipinski definition) is 1. The van der Waals surface area contributed by atoms with Crippen LogP contribution < -0.4 is 4.74 Å². The first-order chi connectivity index (χ1) is 15.0. The molecular formula is C25H31FN2O3. The average Bonchev–Trinajstić information content (AvgIpc) is 2.80. The molecule has 0 aliphatic carbocycles. The van der Waals surface area contributed by atoms with E-state index in [1.807, 2.05) is 24.3 Å². The third kappa shape index (κ3) is 5.32. The number of aliphatic hydroxyl groups is 1. The molecule has 0 saturated carbocycles. The second-order valence-electron chi connectivity index (χ2n) is 8.69. The Morgan fingerprint density at radius 3 is 2.32 bits per heavy atom. The summed E-state index contributed by atoms with van der Waals surface area (Å²) in [5, 5.41) is 10.8. The van der Waals surface area contributed by atoms with Crippen LogP contribution in [0.4, 0.5) is 4.39 Å². The van der Waals surface area contributed by atoms with E-state index >= 15 is 0 Å². The van der Waals surface area contributed by atoms with Crippen molar-refractivity contribution in [1.82, 2.24) is 9.80 Å². The standard InChI is InChI=1S/C25H31FN2O3/c1-31-22-8-4-19(5-9-22)25(30)20-10-14-28(15-11-20)23-12-13-27(17-24(23)29)16-18-2-6-21(26)7-3-18/h2-9,20,23-24,29H,10-17H2,1H3/t23-,24-/m0/s1. The molecule has 0 spiro atoms. The lowest BCUT2D eigenvalue weighted by atomic mass is 9.87. The zero-order chi connectivity index (χ0) is 21.8. The Hall–Kier alpha value is -2.28. The van der Waals surface area contributed by atoms with E-state index in [2.05, 4.69) is 9.80 Å². The predicted molar refractivity (Wildman–Crippen MR) is 118 cm³/mol. The molecule has 2 saturated heterocycles. The van der Waals surface area contributed by atoms with Gasteiger partial charge in [-0.2, -0.15) is 0 Å². The largest absolute Gasteiger partial charge is 0.497 e. The molecule has 0 radical (unpaired) electrons. The van der Waals surface area contributed by atoms with Crippen molar-refractivity contribution in [2.75, 3.05) is 33.3 Å². The summed E-state index contributed by atoms with van der Waals surface area (Å²) in [5.41, 5.74) is 1.80. The number of carbonyl (C=O) groups excluding carboxylic acids is 1. The van der Waals surface area contributed by atoms with Crippen molar-refractivity contribution in [3.63, 3.8) is 0 Å². The number of methoxy groups -OCH3 is 1. The van der Waals surface area contributed by atoms with Gasteiger partial charge in [0.15, 0.2) is 5.78 Å². The molecule has 0 unspecified atom stereocenters. The lowest BCUT2D eigenvalue weighted by Crippen LogP contribution is -2.55. The number of rotatable bonds is 6. The van der Waals surface area contributed by atoms with Gasteiger partial charge in [-0.25, -0.2) is 4.39 Å². The molecule has 2 fully saturated rings. The van der Waals surface area contributed by atoms with Crippen molar-refractivity contribution in [1.29, 1.82) is 0 Å². The molecule has 2 aromatic carbocycles. The SMILES string of the molecule is COc1ccc(C(=O)C2CCN([C@H]3CCN(Cc4ccc(F)cc4)C[C@@H]3O)CC2)cc1. The maximum Gasteiger partial charge on any atom is 0.166 e. The van der Waals surface area contributed by atoms with Gasteiger partial charge in [-0.1, -0.05) is 12.1 Å². The minimum absolute atomic E-state index is 0.0420.